The van der Waals surface area contributed by atoms with Crippen LogP contribution in [0, 0.1) is 0 Å². The van der Waals surface area contributed by atoms with Crippen LogP contribution in [-0.4, -0.2) is 0 Å². The molecule has 1 nitrogen and oxygen atoms in total. The number of hydrogen-bond donors (Lipinski definition) is 0. The van der Waals surface area contributed by atoms with Gasteiger partial charge in [-0.2, -0.15) is 4.57 Å². The first-order valence-corrected chi connectivity index (χ1v) is 11.5. The van der Waals surface area contributed by atoms with Gasteiger partial charge in [0.05, 0.1) is 0 Å². The zero-order valence-corrected chi connectivity index (χ0v) is 17.5. The molecule has 0 aliphatic carbocycles. The van der Waals surface area contributed by atoms with Crippen LogP contribution in [0.4, 0.5) is 0 Å². The van der Waals surface area contributed by atoms with E-state index < -0.39 is 0 Å². The number of unbranched alkanes of at least 4 members (excludes halogenated alkanes) is 12. The molecule has 148 valence electrons. The van der Waals surface area contributed by atoms with E-state index in [-0.39, 0.29) is 0 Å². The van der Waals surface area contributed by atoms with Gasteiger partial charge in [0, 0.05) is 30.7 Å². The van der Waals surface area contributed by atoms with Gasteiger partial charge >= 0.3 is 0 Å². The molecule has 1 aromatic heterocycles. The van der Waals surface area contributed by atoms with Crippen LogP contribution in [0.25, 0.3) is 5.69 Å². The minimum absolute atomic E-state index is 1.17. The van der Waals surface area contributed by atoms with Crippen molar-refractivity contribution >= 4 is 0 Å². The van der Waals surface area contributed by atoms with Crippen molar-refractivity contribution in [2.75, 3.05) is 0 Å². The second-order valence-electron chi connectivity index (χ2n) is 7.89. The lowest BCUT2D eigenvalue weighted by Gasteiger charge is -2.04. The molecule has 0 saturated carbocycles. The molecule has 2 aromatic rings. The zero-order valence-electron chi connectivity index (χ0n) is 17.5. The Balaban J connectivity index is 1.52. The minimum Gasteiger partial charge on any atom is -0.165 e. The van der Waals surface area contributed by atoms with Gasteiger partial charge in [-0.15, -0.1) is 0 Å². The Morgan fingerprint density at radius 1 is 0.556 bits per heavy atom. The third kappa shape index (κ3) is 9.22. The maximum absolute atomic E-state index is 2.33. The summed E-state index contributed by atoms with van der Waals surface area (Å²) in [5.41, 5.74) is 2.69. The van der Waals surface area contributed by atoms with Crippen LogP contribution in [0.1, 0.15) is 96.1 Å². The van der Waals surface area contributed by atoms with Crippen LogP contribution >= 0.6 is 0 Å². The van der Waals surface area contributed by atoms with E-state index in [1.54, 1.807) is 0 Å². The molecule has 0 radical (unpaired) electrons. The molecule has 0 atom stereocenters. The van der Waals surface area contributed by atoms with Crippen LogP contribution in [0.5, 0.6) is 0 Å². The molecule has 0 amide bonds. The molecule has 1 aromatic carbocycles. The normalized spacial score (nSPS) is 11.0. The highest BCUT2D eigenvalue weighted by molar-refractivity contribution is 5.22. The molecule has 0 aliphatic rings. The van der Waals surface area contributed by atoms with E-state index in [4.69, 9.17) is 0 Å². The van der Waals surface area contributed by atoms with Gasteiger partial charge in [0.1, 0.15) is 0 Å². The SMILES string of the molecule is CCCCCCCCCCCCCCCc1cccc[n+]1-c1ccccc1. The molecule has 0 bridgehead atoms. The molecular weight excluding hydrogens is 326 g/mol. The Morgan fingerprint density at radius 3 is 1.67 bits per heavy atom. The third-order valence-electron chi connectivity index (χ3n) is 5.52. The summed E-state index contributed by atoms with van der Waals surface area (Å²) >= 11 is 0. The second-order valence-corrected chi connectivity index (χ2v) is 7.89. The molecule has 2 rings (SSSR count). The molecule has 0 unspecified atom stereocenters. The molecule has 0 N–H and O–H groups in total. The van der Waals surface area contributed by atoms with E-state index in [0.29, 0.717) is 0 Å². The van der Waals surface area contributed by atoms with E-state index in [9.17, 15) is 0 Å². The molecule has 0 spiro atoms. The summed E-state index contributed by atoms with van der Waals surface area (Å²) in [6, 6.07) is 17.2. The van der Waals surface area contributed by atoms with Crippen molar-refractivity contribution in [3.63, 3.8) is 0 Å². The number of aromatic nitrogens is 1. The van der Waals surface area contributed by atoms with Gasteiger partial charge in [-0.25, -0.2) is 0 Å². The highest BCUT2D eigenvalue weighted by Gasteiger charge is 2.11. The number of pyridine rings is 1. The van der Waals surface area contributed by atoms with Crippen molar-refractivity contribution in [1.82, 2.24) is 0 Å². The average molecular weight is 367 g/mol. The van der Waals surface area contributed by atoms with Gasteiger partial charge in [-0.05, 0) is 6.42 Å². The number of benzene rings is 1. The van der Waals surface area contributed by atoms with Crippen LogP contribution in [-0.2, 0) is 6.42 Å². The average Bonchev–Trinajstić information content (AvgIpc) is 2.72. The zero-order chi connectivity index (χ0) is 19.0. The van der Waals surface area contributed by atoms with Gasteiger partial charge in [-0.1, -0.05) is 108 Å². The fraction of sp³-hybridized carbons (Fsp3) is 0.577. The van der Waals surface area contributed by atoms with Crippen molar-refractivity contribution in [3.8, 4) is 5.69 Å². The van der Waals surface area contributed by atoms with E-state index in [1.165, 1.54) is 101 Å². The van der Waals surface area contributed by atoms with E-state index in [0.717, 1.165) is 0 Å². The van der Waals surface area contributed by atoms with Crippen molar-refractivity contribution in [3.05, 3.63) is 60.4 Å². The van der Waals surface area contributed by atoms with Crippen molar-refractivity contribution in [2.45, 2.75) is 96.8 Å². The lowest BCUT2D eigenvalue weighted by Crippen LogP contribution is -2.34. The lowest BCUT2D eigenvalue weighted by atomic mass is 10.0. The van der Waals surface area contributed by atoms with E-state index in [2.05, 4.69) is 66.2 Å². The topological polar surface area (TPSA) is 3.88 Å². The van der Waals surface area contributed by atoms with Gasteiger partial charge in [0.2, 0.25) is 5.69 Å². The highest BCUT2D eigenvalue weighted by Crippen LogP contribution is 2.13. The Bertz CT molecular complexity index is 590. The number of aryl methyl sites for hydroxylation is 1. The van der Waals surface area contributed by atoms with Crippen LogP contribution in [0.3, 0.4) is 0 Å². The van der Waals surface area contributed by atoms with Crippen molar-refractivity contribution in [1.29, 1.82) is 0 Å². The second kappa shape index (κ2) is 14.4. The predicted molar refractivity (Wildman–Crippen MR) is 117 cm³/mol. The number of hydrogen-bond acceptors (Lipinski definition) is 0. The lowest BCUT2D eigenvalue weighted by molar-refractivity contribution is -0.604. The summed E-state index contributed by atoms with van der Waals surface area (Å²) in [6.07, 6.45) is 21.8. The van der Waals surface area contributed by atoms with Crippen molar-refractivity contribution < 1.29 is 4.57 Å². The summed E-state index contributed by atoms with van der Waals surface area (Å²) in [5, 5.41) is 0. The predicted octanol–water partition coefficient (Wildman–Crippen LogP) is 7.60. The first-order chi connectivity index (χ1) is 13.4. The van der Waals surface area contributed by atoms with Crippen LogP contribution in [0.15, 0.2) is 54.7 Å². The Labute approximate surface area is 167 Å². The maximum atomic E-state index is 2.33. The molecule has 0 fully saturated rings. The minimum atomic E-state index is 1.17. The number of rotatable bonds is 15. The first kappa shape index (κ1) is 21.7. The Hall–Kier alpha value is -1.63. The molecule has 0 saturated heterocycles. The monoisotopic (exact) mass is 366 g/mol. The summed E-state index contributed by atoms with van der Waals surface area (Å²) < 4.78 is 2.33. The quantitative estimate of drug-likeness (QED) is 0.226. The van der Waals surface area contributed by atoms with Crippen LogP contribution < -0.4 is 4.57 Å². The molecular formula is C26H40N+. The first-order valence-electron chi connectivity index (χ1n) is 11.5. The van der Waals surface area contributed by atoms with Gasteiger partial charge in [-0.3, -0.25) is 0 Å². The summed E-state index contributed by atoms with van der Waals surface area (Å²) in [5.74, 6) is 0. The van der Waals surface area contributed by atoms with E-state index in [1.807, 2.05) is 0 Å². The Morgan fingerprint density at radius 2 is 1.07 bits per heavy atom. The third-order valence-corrected chi connectivity index (χ3v) is 5.52. The van der Waals surface area contributed by atoms with Crippen LogP contribution in [0.2, 0.25) is 0 Å². The van der Waals surface area contributed by atoms with Gasteiger partial charge in [0.25, 0.3) is 0 Å². The molecule has 1 heteroatoms. The van der Waals surface area contributed by atoms with Crippen molar-refractivity contribution in [2.24, 2.45) is 0 Å². The number of nitrogens with zero attached hydrogens (tertiary/aromatic N) is 1. The largest absolute Gasteiger partial charge is 0.210 e. The highest BCUT2D eigenvalue weighted by atomic mass is 15.0. The molecule has 1 heterocycles. The number of para-hydroxylation sites is 1. The maximum Gasteiger partial charge on any atom is 0.210 e. The summed E-state index contributed by atoms with van der Waals surface area (Å²) in [6.45, 7) is 2.29. The Kier molecular flexibility index (Phi) is 11.6. The summed E-state index contributed by atoms with van der Waals surface area (Å²) in [4.78, 5) is 0. The molecule has 0 aliphatic heterocycles. The summed E-state index contributed by atoms with van der Waals surface area (Å²) in [7, 11) is 0. The van der Waals surface area contributed by atoms with Gasteiger partial charge in [0.15, 0.2) is 11.9 Å². The fourth-order valence-electron chi connectivity index (χ4n) is 3.85. The standard InChI is InChI=1S/C26H40N/c1-2-3-4-5-6-7-8-9-10-11-12-13-15-20-26-23-18-19-24-27(26)25-21-16-14-17-22-25/h14,16-19,21-24H,2-13,15,20H2,1H3/q+1. The smallest absolute Gasteiger partial charge is 0.165 e. The fourth-order valence-corrected chi connectivity index (χ4v) is 3.85. The molecule has 27 heavy (non-hydrogen) atoms. The van der Waals surface area contributed by atoms with Gasteiger partial charge < -0.3 is 0 Å². The van der Waals surface area contributed by atoms with E-state index >= 15 is 0 Å².